The van der Waals surface area contributed by atoms with E-state index in [-0.39, 0.29) is 25.2 Å². The summed E-state index contributed by atoms with van der Waals surface area (Å²) in [7, 11) is 0. The summed E-state index contributed by atoms with van der Waals surface area (Å²) in [5.41, 5.74) is 0. The smallest absolute Gasteiger partial charge is 0.306 e. The van der Waals surface area contributed by atoms with Gasteiger partial charge in [0.1, 0.15) is 6.61 Å². The first-order valence-corrected chi connectivity index (χ1v) is 29.5. The monoisotopic (exact) mass is 927 g/mol. The lowest BCUT2D eigenvalue weighted by atomic mass is 10.0. The van der Waals surface area contributed by atoms with Crippen molar-refractivity contribution < 1.29 is 23.8 Å². The maximum absolute atomic E-state index is 12.9. The van der Waals surface area contributed by atoms with Crippen LogP contribution in [-0.2, 0) is 23.8 Å². The molecule has 0 saturated carbocycles. The molecule has 0 fully saturated rings. The predicted octanol–water partition coefficient (Wildman–Crippen LogP) is 20.1. The van der Waals surface area contributed by atoms with Crippen molar-refractivity contribution in [2.24, 2.45) is 0 Å². The molecule has 0 saturated heterocycles. The van der Waals surface area contributed by atoms with Gasteiger partial charge in [0, 0.05) is 19.4 Å². The molecule has 1 atom stereocenters. The molecular weight excluding hydrogens is 813 g/mol. The first kappa shape index (κ1) is 64.1. The Balaban J connectivity index is 4.24. The summed E-state index contributed by atoms with van der Waals surface area (Å²) in [5, 5.41) is 0. The zero-order valence-electron chi connectivity index (χ0n) is 44.7. The Morgan fingerprint density at radius 2 is 0.636 bits per heavy atom. The minimum absolute atomic E-state index is 0.0882. The third kappa shape index (κ3) is 54.7. The number of carbonyl (C=O) groups excluding carboxylic acids is 2. The molecule has 0 aliphatic carbocycles. The van der Waals surface area contributed by atoms with Crippen LogP contribution in [0.2, 0.25) is 0 Å². The average Bonchev–Trinajstić information content (AvgIpc) is 3.32. The van der Waals surface area contributed by atoms with E-state index in [1.165, 1.54) is 231 Å². The van der Waals surface area contributed by atoms with Crippen molar-refractivity contribution in [1.82, 2.24) is 0 Å². The molecule has 5 heteroatoms. The van der Waals surface area contributed by atoms with Crippen LogP contribution >= 0.6 is 0 Å². The van der Waals surface area contributed by atoms with Gasteiger partial charge in [0.25, 0.3) is 0 Å². The lowest BCUT2D eigenvalue weighted by Gasteiger charge is -2.18. The van der Waals surface area contributed by atoms with Crippen molar-refractivity contribution >= 4 is 11.9 Å². The van der Waals surface area contributed by atoms with Crippen LogP contribution in [0.4, 0.5) is 0 Å². The molecule has 0 radical (unpaired) electrons. The van der Waals surface area contributed by atoms with E-state index in [1.54, 1.807) is 0 Å². The van der Waals surface area contributed by atoms with Gasteiger partial charge in [0.15, 0.2) is 6.10 Å². The minimum Gasteiger partial charge on any atom is -0.462 e. The van der Waals surface area contributed by atoms with Crippen LogP contribution < -0.4 is 0 Å². The van der Waals surface area contributed by atoms with Gasteiger partial charge in [0.05, 0.1) is 6.61 Å². The number of carbonyl (C=O) groups is 2. The van der Waals surface area contributed by atoms with Crippen molar-refractivity contribution in [2.45, 2.75) is 322 Å². The lowest BCUT2D eigenvalue weighted by Crippen LogP contribution is -2.30. The highest BCUT2D eigenvalue weighted by Gasteiger charge is 2.17. The summed E-state index contributed by atoms with van der Waals surface area (Å²) >= 11 is 0. The highest BCUT2D eigenvalue weighted by Crippen LogP contribution is 2.17. The van der Waals surface area contributed by atoms with E-state index in [0.29, 0.717) is 19.4 Å². The molecule has 1 unspecified atom stereocenters. The fourth-order valence-electron chi connectivity index (χ4n) is 8.76. The fourth-order valence-corrected chi connectivity index (χ4v) is 8.76. The van der Waals surface area contributed by atoms with Crippen LogP contribution in [0.3, 0.4) is 0 Å². The minimum atomic E-state index is -0.536. The van der Waals surface area contributed by atoms with Crippen LogP contribution in [0.15, 0.2) is 36.5 Å². The molecule has 0 aromatic rings. The number of unbranched alkanes of at least 4 members (excludes halogenated alkanes) is 38. The summed E-state index contributed by atoms with van der Waals surface area (Å²) in [6.07, 6.45) is 70.2. The molecule has 66 heavy (non-hydrogen) atoms. The van der Waals surface area contributed by atoms with Crippen molar-refractivity contribution in [2.75, 3.05) is 19.8 Å². The second-order valence-electron chi connectivity index (χ2n) is 19.9. The summed E-state index contributed by atoms with van der Waals surface area (Å²) in [6, 6.07) is 0. The number of hydrogen-bond acceptors (Lipinski definition) is 5. The molecular formula is C61H114O5. The van der Waals surface area contributed by atoms with Crippen molar-refractivity contribution in [3.05, 3.63) is 36.5 Å². The van der Waals surface area contributed by atoms with Gasteiger partial charge in [-0.1, -0.05) is 282 Å². The highest BCUT2D eigenvalue weighted by atomic mass is 16.6. The zero-order chi connectivity index (χ0) is 47.7. The van der Waals surface area contributed by atoms with Crippen molar-refractivity contribution in [3.8, 4) is 0 Å². The molecule has 0 heterocycles. The van der Waals surface area contributed by atoms with E-state index in [1.807, 2.05) is 0 Å². The number of hydrogen-bond donors (Lipinski definition) is 0. The van der Waals surface area contributed by atoms with Gasteiger partial charge in [-0.25, -0.2) is 0 Å². The van der Waals surface area contributed by atoms with E-state index >= 15 is 0 Å². The molecule has 0 spiro atoms. The summed E-state index contributed by atoms with van der Waals surface area (Å²) in [6.45, 7) is 7.85. The Bertz CT molecular complexity index is 1050. The van der Waals surface area contributed by atoms with Crippen molar-refractivity contribution in [1.29, 1.82) is 0 Å². The quantitative estimate of drug-likeness (QED) is 0.0345. The van der Waals surface area contributed by atoms with Gasteiger partial charge >= 0.3 is 11.9 Å². The Kier molecular flexibility index (Phi) is 55.8. The molecule has 0 N–H and O–H groups in total. The maximum atomic E-state index is 12.9. The highest BCUT2D eigenvalue weighted by molar-refractivity contribution is 5.70. The topological polar surface area (TPSA) is 61.8 Å². The van der Waals surface area contributed by atoms with Crippen LogP contribution in [0, 0.1) is 0 Å². The second-order valence-corrected chi connectivity index (χ2v) is 19.9. The summed E-state index contributed by atoms with van der Waals surface area (Å²) in [5.74, 6) is -0.381. The van der Waals surface area contributed by atoms with E-state index in [0.717, 1.165) is 51.4 Å². The van der Waals surface area contributed by atoms with Crippen LogP contribution in [0.5, 0.6) is 0 Å². The number of rotatable bonds is 55. The third-order valence-electron chi connectivity index (χ3n) is 13.2. The molecule has 0 bridgehead atoms. The Morgan fingerprint density at radius 3 is 1.05 bits per heavy atom. The first-order chi connectivity index (χ1) is 32.6. The molecule has 0 aromatic carbocycles. The van der Waals surface area contributed by atoms with Gasteiger partial charge in [-0.15, -0.1) is 0 Å². The average molecular weight is 928 g/mol. The molecule has 0 aliphatic heterocycles. The van der Waals surface area contributed by atoms with Gasteiger partial charge in [-0.05, 0) is 57.8 Å². The molecule has 388 valence electrons. The van der Waals surface area contributed by atoms with Crippen LogP contribution in [0.1, 0.15) is 316 Å². The Hall–Kier alpha value is -1.88. The standard InChI is InChI=1S/C61H114O5/c1-4-7-10-13-16-19-22-25-28-29-30-31-32-35-38-41-44-47-50-53-56-64-57-59(66-61(63)55-52-49-46-43-40-37-34-27-24-21-18-15-12-9-6-3)58-65-60(62)54-51-48-45-42-39-36-33-26-23-20-17-14-11-8-5-2/h16,19,25,28,30-31,59H,4-15,17-18,20-24,26-27,29,32-58H2,1-3H3/b19-16-,28-25-,31-30-. The molecule has 0 rings (SSSR count). The number of allylic oxidation sites excluding steroid dienone is 6. The summed E-state index contributed by atoms with van der Waals surface area (Å²) < 4.78 is 17.5. The number of esters is 2. The fraction of sp³-hybridized carbons (Fsp3) is 0.869. The first-order valence-electron chi connectivity index (χ1n) is 29.5. The Labute approximate surface area is 412 Å². The third-order valence-corrected chi connectivity index (χ3v) is 13.2. The SMILES string of the molecule is CCCCC/C=C\C/C=C\C/C=C\CCCCCCCCCOCC(COC(=O)CCCCCCCCCCCCCCCCC)OC(=O)CCCCCCCCCCCCCCCCC. The van der Waals surface area contributed by atoms with Crippen molar-refractivity contribution in [3.63, 3.8) is 0 Å². The lowest BCUT2D eigenvalue weighted by molar-refractivity contribution is -0.163. The zero-order valence-corrected chi connectivity index (χ0v) is 44.7. The van der Waals surface area contributed by atoms with Crippen LogP contribution in [0.25, 0.3) is 0 Å². The molecule has 0 aromatic heterocycles. The van der Waals surface area contributed by atoms with Gasteiger partial charge in [0.2, 0.25) is 0 Å². The van der Waals surface area contributed by atoms with E-state index in [9.17, 15) is 9.59 Å². The van der Waals surface area contributed by atoms with Gasteiger partial charge < -0.3 is 14.2 Å². The number of ether oxygens (including phenoxy) is 3. The summed E-state index contributed by atoms with van der Waals surface area (Å²) in [4.78, 5) is 25.5. The van der Waals surface area contributed by atoms with E-state index in [4.69, 9.17) is 14.2 Å². The predicted molar refractivity (Wildman–Crippen MR) is 288 cm³/mol. The molecule has 5 nitrogen and oxygen atoms in total. The largest absolute Gasteiger partial charge is 0.462 e. The van der Waals surface area contributed by atoms with E-state index < -0.39 is 6.10 Å². The van der Waals surface area contributed by atoms with Crippen LogP contribution in [-0.4, -0.2) is 37.9 Å². The Morgan fingerprint density at radius 1 is 0.333 bits per heavy atom. The second kappa shape index (κ2) is 57.4. The van der Waals surface area contributed by atoms with E-state index in [2.05, 4.69) is 57.2 Å². The molecule has 0 amide bonds. The maximum Gasteiger partial charge on any atom is 0.306 e. The van der Waals surface area contributed by atoms with Gasteiger partial charge in [-0.3, -0.25) is 9.59 Å². The van der Waals surface area contributed by atoms with Gasteiger partial charge in [-0.2, -0.15) is 0 Å². The molecule has 0 aliphatic rings. The normalized spacial score (nSPS) is 12.3.